The van der Waals surface area contributed by atoms with Crippen molar-refractivity contribution in [3.8, 4) is 0 Å². The van der Waals surface area contributed by atoms with Crippen molar-refractivity contribution in [3.63, 3.8) is 0 Å². The number of aromatic nitrogens is 1. The number of rotatable bonds is 5. The van der Waals surface area contributed by atoms with Crippen molar-refractivity contribution in [2.45, 2.75) is 54.5 Å². The van der Waals surface area contributed by atoms with Crippen LogP contribution in [0.5, 0.6) is 0 Å². The number of anilines is 1. The normalized spacial score (nSPS) is 23.5. The molecule has 5 nitrogen and oxygen atoms in total. The van der Waals surface area contributed by atoms with E-state index in [9.17, 15) is 4.79 Å². The molecule has 1 saturated carbocycles. The lowest BCUT2D eigenvalue weighted by molar-refractivity contribution is -0.122. The third-order valence-corrected chi connectivity index (χ3v) is 7.66. The van der Waals surface area contributed by atoms with Crippen LogP contribution in [0.1, 0.15) is 52.7 Å². The maximum absolute atomic E-state index is 13.0. The Morgan fingerprint density at radius 1 is 1.15 bits per heavy atom. The van der Waals surface area contributed by atoms with Crippen molar-refractivity contribution in [3.05, 3.63) is 23.4 Å². The van der Waals surface area contributed by atoms with Crippen LogP contribution in [-0.2, 0) is 22.5 Å². The Labute approximate surface area is 157 Å². The Morgan fingerprint density at radius 3 is 2.31 bits per heavy atom. The molecule has 0 atom stereocenters. The van der Waals surface area contributed by atoms with Gasteiger partial charge in [-0.25, -0.2) is 4.98 Å². The topological polar surface area (TPSA) is 54.5 Å². The van der Waals surface area contributed by atoms with Gasteiger partial charge in [0.1, 0.15) is 5.82 Å². The Bertz CT molecular complexity index is 676. The zero-order valence-corrected chi connectivity index (χ0v) is 17.1. The maximum Gasteiger partial charge on any atom is 0.232 e. The number of hydrogen-bond donors (Lipinski definition) is 1. The van der Waals surface area contributed by atoms with Crippen molar-refractivity contribution in [2.24, 2.45) is 16.2 Å². The number of aryl methyl sites for hydroxylation is 1. The minimum Gasteiger partial charge on any atom is -0.379 e. The van der Waals surface area contributed by atoms with E-state index in [1.54, 1.807) is 0 Å². The molecule has 1 saturated heterocycles. The number of nitrogens with zero attached hydrogens (tertiary/aromatic N) is 2. The Hall–Kier alpha value is -1.46. The molecule has 0 aromatic carbocycles. The molecule has 144 valence electrons. The molecule has 1 N–H and O–H groups in total. The van der Waals surface area contributed by atoms with Crippen LogP contribution in [-0.4, -0.2) is 42.1 Å². The summed E-state index contributed by atoms with van der Waals surface area (Å²) in [4.78, 5) is 19.9. The van der Waals surface area contributed by atoms with Gasteiger partial charge in [0.25, 0.3) is 0 Å². The zero-order valence-electron chi connectivity index (χ0n) is 17.1. The van der Waals surface area contributed by atoms with Gasteiger partial charge in [-0.05, 0) is 41.4 Å². The van der Waals surface area contributed by atoms with Crippen LogP contribution in [0.3, 0.4) is 0 Å². The molecule has 26 heavy (non-hydrogen) atoms. The number of amides is 1. The van der Waals surface area contributed by atoms with Gasteiger partial charge in [-0.15, -0.1) is 0 Å². The summed E-state index contributed by atoms with van der Waals surface area (Å²) in [5.74, 6) is 0.733. The highest BCUT2D eigenvalue weighted by atomic mass is 16.5. The highest BCUT2D eigenvalue weighted by Gasteiger charge is 2.78. The van der Waals surface area contributed by atoms with E-state index in [2.05, 4.69) is 62.8 Å². The van der Waals surface area contributed by atoms with Gasteiger partial charge in [-0.1, -0.05) is 34.6 Å². The summed E-state index contributed by atoms with van der Waals surface area (Å²) in [6.45, 7) is 17.3. The summed E-state index contributed by atoms with van der Waals surface area (Å²) >= 11 is 0. The molecule has 1 aliphatic heterocycles. The lowest BCUT2D eigenvalue weighted by atomic mass is 9.96. The summed E-state index contributed by atoms with van der Waals surface area (Å²) < 4.78 is 5.44. The van der Waals surface area contributed by atoms with Crippen LogP contribution in [0.2, 0.25) is 0 Å². The quantitative estimate of drug-likeness (QED) is 0.874. The van der Waals surface area contributed by atoms with E-state index in [4.69, 9.17) is 4.74 Å². The average molecular weight is 360 g/mol. The number of carbonyl (C=O) groups is 1. The third kappa shape index (κ3) is 2.85. The third-order valence-electron chi connectivity index (χ3n) is 7.66. The van der Waals surface area contributed by atoms with Gasteiger partial charge in [0.15, 0.2) is 0 Å². The zero-order chi connectivity index (χ0) is 19.2. The van der Waals surface area contributed by atoms with Crippen LogP contribution in [0.15, 0.2) is 12.3 Å². The molecule has 0 bridgehead atoms. The van der Waals surface area contributed by atoms with Crippen molar-refractivity contribution in [1.82, 2.24) is 9.88 Å². The second-order valence-electron chi connectivity index (χ2n) is 8.91. The molecule has 2 aliphatic rings. The molecule has 2 heterocycles. The van der Waals surface area contributed by atoms with Gasteiger partial charge in [0.2, 0.25) is 5.91 Å². The molecular formula is C21H33N3O2. The molecule has 0 unspecified atom stereocenters. The maximum atomic E-state index is 13.0. The first-order valence-corrected chi connectivity index (χ1v) is 9.74. The summed E-state index contributed by atoms with van der Waals surface area (Å²) in [7, 11) is 0. The van der Waals surface area contributed by atoms with Crippen molar-refractivity contribution in [2.75, 3.05) is 31.6 Å². The summed E-state index contributed by atoms with van der Waals surface area (Å²) in [5, 5.41) is 3.09. The van der Waals surface area contributed by atoms with Gasteiger partial charge < -0.3 is 10.1 Å². The van der Waals surface area contributed by atoms with Gasteiger partial charge in [0, 0.05) is 25.8 Å². The molecule has 3 rings (SSSR count). The fourth-order valence-corrected chi connectivity index (χ4v) is 4.46. The fourth-order valence-electron chi connectivity index (χ4n) is 4.46. The van der Waals surface area contributed by atoms with E-state index in [1.165, 1.54) is 11.1 Å². The van der Waals surface area contributed by atoms with Crippen LogP contribution in [0, 0.1) is 16.2 Å². The van der Waals surface area contributed by atoms with Gasteiger partial charge in [-0.3, -0.25) is 9.69 Å². The van der Waals surface area contributed by atoms with Gasteiger partial charge in [-0.2, -0.15) is 0 Å². The smallest absolute Gasteiger partial charge is 0.232 e. The molecule has 0 spiro atoms. The molecular weight excluding hydrogens is 326 g/mol. The van der Waals surface area contributed by atoms with Gasteiger partial charge in [0.05, 0.1) is 18.6 Å². The molecule has 2 fully saturated rings. The number of pyridine rings is 1. The van der Waals surface area contributed by atoms with Crippen LogP contribution >= 0.6 is 0 Å². The van der Waals surface area contributed by atoms with Gasteiger partial charge >= 0.3 is 0 Å². The highest BCUT2D eigenvalue weighted by Crippen LogP contribution is 2.77. The lowest BCUT2D eigenvalue weighted by Gasteiger charge is -2.27. The standard InChI is InChI=1S/C21H33N3O2/c1-7-15-13-22-17(12-16(15)14-24-8-10-26-11-9-24)23-18(25)21(6)19(2,3)20(21,4)5/h12-13H,7-11,14H2,1-6H3,(H,22,23,25). The molecule has 5 heteroatoms. The molecule has 0 radical (unpaired) electrons. The van der Waals surface area contributed by atoms with Crippen LogP contribution in [0.25, 0.3) is 0 Å². The van der Waals surface area contributed by atoms with E-state index in [-0.39, 0.29) is 22.2 Å². The predicted octanol–water partition coefficient (Wildman–Crippen LogP) is 3.49. The molecule has 1 aromatic heterocycles. The van der Waals surface area contributed by atoms with E-state index in [0.717, 1.165) is 39.3 Å². The SMILES string of the molecule is CCc1cnc(NC(=O)C2(C)C(C)(C)C2(C)C)cc1CN1CCOCC1. The van der Waals surface area contributed by atoms with E-state index in [1.807, 2.05) is 6.20 Å². The highest BCUT2D eigenvalue weighted by molar-refractivity contribution is 5.98. The average Bonchev–Trinajstić information content (AvgIpc) is 2.93. The lowest BCUT2D eigenvalue weighted by Crippen LogP contribution is -2.36. The Kier molecular flexibility index (Phi) is 4.91. The second kappa shape index (κ2) is 6.61. The van der Waals surface area contributed by atoms with Crippen LogP contribution in [0.4, 0.5) is 5.82 Å². The predicted molar refractivity (Wildman–Crippen MR) is 104 cm³/mol. The first-order chi connectivity index (χ1) is 12.1. The first-order valence-electron chi connectivity index (χ1n) is 9.74. The number of morpholine rings is 1. The largest absolute Gasteiger partial charge is 0.379 e. The van der Waals surface area contributed by atoms with Crippen molar-refractivity contribution in [1.29, 1.82) is 0 Å². The van der Waals surface area contributed by atoms with E-state index < -0.39 is 0 Å². The van der Waals surface area contributed by atoms with E-state index in [0.29, 0.717) is 5.82 Å². The number of nitrogens with one attached hydrogen (secondary N) is 1. The monoisotopic (exact) mass is 359 g/mol. The minimum atomic E-state index is -0.379. The molecule has 1 aliphatic carbocycles. The van der Waals surface area contributed by atoms with Crippen LogP contribution < -0.4 is 5.32 Å². The minimum absolute atomic E-state index is 0.0237. The van der Waals surface area contributed by atoms with E-state index >= 15 is 0 Å². The summed E-state index contributed by atoms with van der Waals surface area (Å²) in [6, 6.07) is 2.05. The number of ether oxygens (including phenoxy) is 1. The van der Waals surface area contributed by atoms with Crippen molar-refractivity contribution >= 4 is 11.7 Å². The second-order valence-corrected chi connectivity index (χ2v) is 8.91. The summed E-state index contributed by atoms with van der Waals surface area (Å²) in [5.41, 5.74) is 2.07. The van der Waals surface area contributed by atoms with Crippen molar-refractivity contribution < 1.29 is 9.53 Å². The number of hydrogen-bond acceptors (Lipinski definition) is 4. The first kappa shape index (κ1) is 19.3. The Morgan fingerprint density at radius 2 is 1.77 bits per heavy atom. The Balaban J connectivity index is 1.76. The number of carbonyl (C=O) groups excluding carboxylic acids is 1. The fraction of sp³-hybridized carbons (Fsp3) is 0.714. The molecule has 1 amide bonds. The molecule has 1 aromatic rings. The summed E-state index contributed by atoms with van der Waals surface area (Å²) in [6.07, 6.45) is 2.86.